The summed E-state index contributed by atoms with van der Waals surface area (Å²) in [6, 6.07) is 6.85. The molecule has 2 N–H and O–H groups in total. The van der Waals surface area contributed by atoms with Gasteiger partial charge in [-0.1, -0.05) is 11.3 Å². The molecule has 1 aromatic carbocycles. The van der Waals surface area contributed by atoms with Gasteiger partial charge in [-0.3, -0.25) is 14.4 Å². The number of anilines is 2. The number of rotatable bonds is 5. The standard InChI is InChI=1S/C15H17N3O3S/c1-10-9-22-15(21)18(10)8-7-14(20)17-13-5-3-12(4-6-13)16-11(2)19/h3-6,9H,7-8H2,1-2H3,(H,16,19)(H,17,20). The summed E-state index contributed by atoms with van der Waals surface area (Å²) < 4.78 is 1.59. The van der Waals surface area contributed by atoms with E-state index in [1.165, 1.54) is 6.92 Å². The number of amides is 2. The molecule has 1 heterocycles. The molecule has 0 saturated heterocycles. The monoisotopic (exact) mass is 319 g/mol. The second kappa shape index (κ2) is 7.04. The summed E-state index contributed by atoms with van der Waals surface area (Å²) in [5.74, 6) is -0.307. The Kier molecular flexibility index (Phi) is 5.11. The number of aryl methyl sites for hydroxylation is 1. The Morgan fingerprint density at radius 1 is 1.14 bits per heavy atom. The first-order valence-electron chi connectivity index (χ1n) is 6.78. The predicted octanol–water partition coefficient (Wildman–Crippen LogP) is 2.21. The molecule has 0 aliphatic heterocycles. The second-order valence-corrected chi connectivity index (χ2v) is 5.67. The van der Waals surface area contributed by atoms with Crippen LogP contribution in [0.3, 0.4) is 0 Å². The molecule has 6 nitrogen and oxygen atoms in total. The second-order valence-electron chi connectivity index (χ2n) is 4.85. The normalized spacial score (nSPS) is 10.3. The highest BCUT2D eigenvalue weighted by atomic mass is 32.1. The summed E-state index contributed by atoms with van der Waals surface area (Å²) in [4.78, 5) is 34.3. The Labute approximate surface area is 131 Å². The van der Waals surface area contributed by atoms with Crippen molar-refractivity contribution in [3.8, 4) is 0 Å². The molecule has 116 valence electrons. The molecule has 1 aromatic heterocycles. The van der Waals surface area contributed by atoms with E-state index in [1.54, 1.807) is 34.2 Å². The van der Waals surface area contributed by atoms with Crippen molar-refractivity contribution in [1.82, 2.24) is 4.57 Å². The summed E-state index contributed by atoms with van der Waals surface area (Å²) >= 11 is 1.13. The Morgan fingerprint density at radius 2 is 1.73 bits per heavy atom. The molecular formula is C15H17N3O3S. The van der Waals surface area contributed by atoms with Gasteiger partial charge >= 0.3 is 4.87 Å². The largest absolute Gasteiger partial charge is 0.326 e. The van der Waals surface area contributed by atoms with E-state index in [0.717, 1.165) is 17.0 Å². The molecule has 0 aliphatic rings. The zero-order chi connectivity index (χ0) is 16.1. The molecule has 0 aliphatic carbocycles. The van der Waals surface area contributed by atoms with Crippen LogP contribution in [-0.2, 0) is 16.1 Å². The van der Waals surface area contributed by atoms with Crippen molar-refractivity contribution in [2.45, 2.75) is 26.8 Å². The zero-order valence-corrected chi connectivity index (χ0v) is 13.2. The zero-order valence-electron chi connectivity index (χ0n) is 12.4. The van der Waals surface area contributed by atoms with Crippen LogP contribution in [0.5, 0.6) is 0 Å². The minimum absolute atomic E-state index is 0.0510. The van der Waals surface area contributed by atoms with Crippen molar-refractivity contribution in [3.63, 3.8) is 0 Å². The number of hydrogen-bond donors (Lipinski definition) is 2. The van der Waals surface area contributed by atoms with Crippen molar-refractivity contribution in [3.05, 3.63) is 45.0 Å². The molecule has 0 radical (unpaired) electrons. The highest BCUT2D eigenvalue weighted by Crippen LogP contribution is 2.13. The van der Waals surface area contributed by atoms with Gasteiger partial charge in [0.15, 0.2) is 0 Å². The fourth-order valence-electron chi connectivity index (χ4n) is 1.95. The summed E-state index contributed by atoms with van der Waals surface area (Å²) in [5.41, 5.74) is 2.18. The van der Waals surface area contributed by atoms with Gasteiger partial charge in [0.25, 0.3) is 0 Å². The maximum Gasteiger partial charge on any atom is 0.307 e. The van der Waals surface area contributed by atoms with Crippen LogP contribution in [0.2, 0.25) is 0 Å². The van der Waals surface area contributed by atoms with E-state index in [9.17, 15) is 14.4 Å². The van der Waals surface area contributed by atoms with E-state index < -0.39 is 0 Å². The van der Waals surface area contributed by atoms with E-state index in [-0.39, 0.29) is 23.1 Å². The lowest BCUT2D eigenvalue weighted by Crippen LogP contribution is -2.20. The fourth-order valence-corrected chi connectivity index (χ4v) is 2.71. The molecule has 0 atom stereocenters. The minimum atomic E-state index is -0.162. The van der Waals surface area contributed by atoms with Gasteiger partial charge in [-0.05, 0) is 31.2 Å². The molecule has 0 unspecified atom stereocenters. The van der Waals surface area contributed by atoms with Crippen LogP contribution in [0.1, 0.15) is 19.0 Å². The first-order valence-corrected chi connectivity index (χ1v) is 7.66. The van der Waals surface area contributed by atoms with E-state index >= 15 is 0 Å². The van der Waals surface area contributed by atoms with Gasteiger partial charge in [0.05, 0.1) is 0 Å². The molecule has 22 heavy (non-hydrogen) atoms. The van der Waals surface area contributed by atoms with Gasteiger partial charge in [-0.2, -0.15) is 0 Å². The van der Waals surface area contributed by atoms with Crippen molar-refractivity contribution in [1.29, 1.82) is 0 Å². The smallest absolute Gasteiger partial charge is 0.307 e. The van der Waals surface area contributed by atoms with Crippen LogP contribution >= 0.6 is 11.3 Å². The van der Waals surface area contributed by atoms with Crippen LogP contribution in [0, 0.1) is 6.92 Å². The van der Waals surface area contributed by atoms with Crippen LogP contribution in [-0.4, -0.2) is 16.4 Å². The first kappa shape index (κ1) is 16.0. The van der Waals surface area contributed by atoms with Crippen LogP contribution in [0.15, 0.2) is 34.4 Å². The molecule has 0 spiro atoms. The highest BCUT2D eigenvalue weighted by Gasteiger charge is 2.07. The van der Waals surface area contributed by atoms with Crippen molar-refractivity contribution < 1.29 is 9.59 Å². The Morgan fingerprint density at radius 3 is 2.23 bits per heavy atom. The third-order valence-corrected chi connectivity index (χ3v) is 3.91. The third-order valence-electron chi connectivity index (χ3n) is 3.03. The Hall–Kier alpha value is -2.41. The fraction of sp³-hybridized carbons (Fsp3) is 0.267. The minimum Gasteiger partial charge on any atom is -0.326 e. The van der Waals surface area contributed by atoms with Gasteiger partial charge < -0.3 is 15.2 Å². The van der Waals surface area contributed by atoms with E-state index in [0.29, 0.717) is 17.9 Å². The quantitative estimate of drug-likeness (QED) is 0.886. The molecule has 2 amide bonds. The summed E-state index contributed by atoms with van der Waals surface area (Å²) in [7, 11) is 0. The lowest BCUT2D eigenvalue weighted by molar-refractivity contribution is -0.116. The average Bonchev–Trinajstić information content (AvgIpc) is 2.77. The number of benzene rings is 1. The molecule has 0 bridgehead atoms. The summed E-state index contributed by atoms with van der Waals surface area (Å²) in [6.45, 7) is 3.64. The summed E-state index contributed by atoms with van der Waals surface area (Å²) in [5, 5.41) is 7.19. The maximum atomic E-state index is 11.9. The van der Waals surface area contributed by atoms with Crippen molar-refractivity contribution >= 4 is 34.5 Å². The summed E-state index contributed by atoms with van der Waals surface area (Å²) in [6.07, 6.45) is 0.227. The van der Waals surface area contributed by atoms with Gasteiger partial charge in [0.1, 0.15) is 0 Å². The third kappa shape index (κ3) is 4.29. The number of nitrogens with one attached hydrogen (secondary N) is 2. The number of carbonyl (C=O) groups excluding carboxylic acids is 2. The van der Waals surface area contributed by atoms with Gasteiger partial charge in [-0.15, -0.1) is 0 Å². The van der Waals surface area contributed by atoms with Crippen LogP contribution in [0.4, 0.5) is 11.4 Å². The Bertz CT molecular complexity index is 731. The highest BCUT2D eigenvalue weighted by molar-refractivity contribution is 7.07. The number of nitrogens with zero attached hydrogens (tertiary/aromatic N) is 1. The SMILES string of the molecule is CC(=O)Nc1ccc(NC(=O)CCn2c(C)csc2=O)cc1. The lowest BCUT2D eigenvalue weighted by atomic mass is 10.2. The van der Waals surface area contributed by atoms with Gasteiger partial charge in [0, 0.05) is 42.3 Å². The predicted molar refractivity (Wildman–Crippen MR) is 87.3 cm³/mol. The molecular weight excluding hydrogens is 302 g/mol. The average molecular weight is 319 g/mol. The number of hydrogen-bond acceptors (Lipinski definition) is 4. The first-order chi connectivity index (χ1) is 10.5. The lowest BCUT2D eigenvalue weighted by Gasteiger charge is -2.08. The molecule has 7 heteroatoms. The maximum absolute atomic E-state index is 11.9. The molecule has 2 rings (SSSR count). The van der Waals surface area contributed by atoms with Crippen molar-refractivity contribution in [2.24, 2.45) is 0 Å². The Balaban J connectivity index is 1.89. The van der Waals surface area contributed by atoms with Crippen LogP contribution in [0.25, 0.3) is 0 Å². The van der Waals surface area contributed by atoms with E-state index in [4.69, 9.17) is 0 Å². The molecule has 2 aromatic rings. The van der Waals surface area contributed by atoms with Crippen molar-refractivity contribution in [2.75, 3.05) is 10.6 Å². The topological polar surface area (TPSA) is 80.2 Å². The van der Waals surface area contributed by atoms with Crippen LogP contribution < -0.4 is 15.5 Å². The van der Waals surface area contributed by atoms with E-state index in [1.807, 2.05) is 6.92 Å². The number of aromatic nitrogens is 1. The van der Waals surface area contributed by atoms with Gasteiger partial charge in [-0.25, -0.2) is 0 Å². The van der Waals surface area contributed by atoms with Gasteiger partial charge in [0.2, 0.25) is 11.8 Å². The molecule has 0 saturated carbocycles. The van der Waals surface area contributed by atoms with E-state index in [2.05, 4.69) is 10.6 Å². The number of thiazole rings is 1. The number of carbonyl (C=O) groups is 2. The molecule has 0 fully saturated rings.